The number of halogens is 3. The van der Waals surface area contributed by atoms with Crippen LogP contribution in [0.3, 0.4) is 0 Å². The molecule has 0 saturated heterocycles. The van der Waals surface area contributed by atoms with Gasteiger partial charge >= 0.3 is 0 Å². The zero-order valence-corrected chi connectivity index (χ0v) is 13.1. The Hall–Kier alpha value is -1.26. The Kier molecular flexibility index (Phi) is 5.48. The number of carbonyl (C=O) groups is 1. The van der Waals surface area contributed by atoms with Crippen molar-refractivity contribution >= 4 is 40.7 Å². The quantitative estimate of drug-likeness (QED) is 0.877. The van der Waals surface area contributed by atoms with Gasteiger partial charge in [0.2, 0.25) is 0 Å². The monoisotopic (exact) mass is 343 g/mol. The first-order chi connectivity index (χ1) is 10.0. The molecule has 0 spiro atoms. The van der Waals surface area contributed by atoms with Crippen molar-refractivity contribution in [1.29, 1.82) is 0 Å². The average Bonchev–Trinajstić information content (AvgIpc) is 2.45. The molecule has 1 amide bonds. The Morgan fingerprint density at radius 1 is 1.00 bits per heavy atom. The predicted molar refractivity (Wildman–Crippen MR) is 85.2 cm³/mol. The minimum absolute atomic E-state index is 0.00409. The molecule has 0 bridgehead atoms. The fraction of sp³-hybridized carbons (Fsp3) is 0.133. The second-order valence-corrected chi connectivity index (χ2v) is 5.57. The molecule has 0 fully saturated rings. The summed E-state index contributed by atoms with van der Waals surface area (Å²) in [7, 11) is 0. The minimum atomic E-state index is -0.913. The molecule has 0 aromatic heterocycles. The van der Waals surface area contributed by atoms with Crippen molar-refractivity contribution in [1.82, 2.24) is 5.32 Å². The first kappa shape index (κ1) is 16.1. The number of nitrogens with one attached hydrogen (secondary N) is 1. The second-order valence-electron chi connectivity index (χ2n) is 4.34. The molecule has 2 aromatic rings. The van der Waals surface area contributed by atoms with Gasteiger partial charge in [-0.15, -0.1) is 0 Å². The lowest BCUT2D eigenvalue weighted by Crippen LogP contribution is -2.29. The maximum absolute atomic E-state index is 12.1. The Morgan fingerprint density at radius 2 is 1.57 bits per heavy atom. The van der Waals surface area contributed by atoms with Gasteiger partial charge in [0.05, 0.1) is 21.7 Å². The van der Waals surface area contributed by atoms with Crippen molar-refractivity contribution in [3.63, 3.8) is 0 Å². The SMILES string of the molecule is O=C(NCC(O)c1ccccc1Cl)c1c(Cl)cccc1Cl. The molecule has 1 unspecified atom stereocenters. The molecule has 21 heavy (non-hydrogen) atoms. The van der Waals surface area contributed by atoms with Crippen LogP contribution >= 0.6 is 34.8 Å². The molecule has 1 atom stereocenters. The van der Waals surface area contributed by atoms with E-state index >= 15 is 0 Å². The van der Waals surface area contributed by atoms with Crippen molar-refractivity contribution < 1.29 is 9.90 Å². The van der Waals surface area contributed by atoms with Crippen LogP contribution < -0.4 is 5.32 Å². The largest absolute Gasteiger partial charge is 0.387 e. The Balaban J connectivity index is 2.06. The molecule has 0 saturated carbocycles. The number of hydrogen-bond donors (Lipinski definition) is 2. The van der Waals surface area contributed by atoms with Gasteiger partial charge in [-0.3, -0.25) is 4.79 Å². The van der Waals surface area contributed by atoms with E-state index in [2.05, 4.69) is 5.32 Å². The van der Waals surface area contributed by atoms with Gasteiger partial charge in [0.1, 0.15) is 0 Å². The lowest BCUT2D eigenvalue weighted by molar-refractivity contribution is 0.0916. The van der Waals surface area contributed by atoms with E-state index in [0.29, 0.717) is 10.6 Å². The number of benzene rings is 2. The van der Waals surface area contributed by atoms with Crippen molar-refractivity contribution in [2.24, 2.45) is 0 Å². The van der Waals surface area contributed by atoms with E-state index in [9.17, 15) is 9.90 Å². The first-order valence-electron chi connectivity index (χ1n) is 6.15. The fourth-order valence-corrected chi connectivity index (χ4v) is 2.68. The van der Waals surface area contributed by atoms with Gasteiger partial charge in [0.25, 0.3) is 5.91 Å². The molecule has 0 aliphatic carbocycles. The summed E-state index contributed by atoms with van der Waals surface area (Å²) >= 11 is 17.9. The van der Waals surface area contributed by atoms with Crippen LogP contribution in [0.5, 0.6) is 0 Å². The van der Waals surface area contributed by atoms with Crippen LogP contribution in [0, 0.1) is 0 Å². The maximum Gasteiger partial charge on any atom is 0.254 e. The minimum Gasteiger partial charge on any atom is -0.387 e. The van der Waals surface area contributed by atoms with E-state index in [0.717, 1.165) is 0 Å². The van der Waals surface area contributed by atoms with Gasteiger partial charge in [0, 0.05) is 17.1 Å². The number of carbonyl (C=O) groups excluding carboxylic acids is 1. The molecule has 0 aliphatic rings. The summed E-state index contributed by atoms with van der Waals surface area (Å²) in [6.07, 6.45) is -0.913. The normalized spacial score (nSPS) is 12.0. The highest BCUT2D eigenvalue weighted by molar-refractivity contribution is 6.39. The van der Waals surface area contributed by atoms with Crippen LogP contribution in [0.15, 0.2) is 42.5 Å². The lowest BCUT2D eigenvalue weighted by atomic mass is 10.1. The van der Waals surface area contributed by atoms with Gasteiger partial charge in [-0.2, -0.15) is 0 Å². The Morgan fingerprint density at radius 3 is 2.19 bits per heavy atom. The number of hydrogen-bond acceptors (Lipinski definition) is 2. The van der Waals surface area contributed by atoms with E-state index in [1.807, 2.05) is 0 Å². The number of amides is 1. The first-order valence-corrected chi connectivity index (χ1v) is 7.29. The summed E-state index contributed by atoms with van der Waals surface area (Å²) in [4.78, 5) is 12.1. The van der Waals surface area contributed by atoms with Crippen LogP contribution in [0.4, 0.5) is 0 Å². The molecule has 0 radical (unpaired) electrons. The van der Waals surface area contributed by atoms with Gasteiger partial charge < -0.3 is 10.4 Å². The van der Waals surface area contributed by atoms with Crippen molar-refractivity contribution in [3.05, 3.63) is 68.7 Å². The Bertz CT molecular complexity index is 641. The van der Waals surface area contributed by atoms with E-state index in [4.69, 9.17) is 34.8 Å². The van der Waals surface area contributed by atoms with E-state index in [1.54, 1.807) is 42.5 Å². The number of aliphatic hydroxyl groups is 1. The summed E-state index contributed by atoms with van der Waals surface area (Å²) in [6, 6.07) is 11.7. The fourth-order valence-electron chi connectivity index (χ4n) is 1.85. The van der Waals surface area contributed by atoms with Gasteiger partial charge in [0.15, 0.2) is 0 Å². The summed E-state index contributed by atoms with van der Waals surface area (Å²) in [6.45, 7) is 0.00409. The summed E-state index contributed by atoms with van der Waals surface area (Å²) in [5.74, 6) is -0.447. The molecule has 2 aromatic carbocycles. The highest BCUT2D eigenvalue weighted by Gasteiger charge is 2.17. The summed E-state index contributed by atoms with van der Waals surface area (Å²) in [5.41, 5.74) is 0.733. The van der Waals surface area contributed by atoms with Gasteiger partial charge in [-0.1, -0.05) is 59.1 Å². The molecule has 110 valence electrons. The molecule has 0 heterocycles. The maximum atomic E-state index is 12.1. The molecule has 2 N–H and O–H groups in total. The molecular formula is C15H12Cl3NO2. The van der Waals surface area contributed by atoms with Crippen LogP contribution in [-0.2, 0) is 0 Å². The smallest absolute Gasteiger partial charge is 0.254 e. The van der Waals surface area contributed by atoms with E-state index < -0.39 is 12.0 Å². The third-order valence-electron chi connectivity index (χ3n) is 2.91. The number of aliphatic hydroxyl groups excluding tert-OH is 1. The van der Waals surface area contributed by atoms with Crippen LogP contribution in [-0.4, -0.2) is 17.6 Å². The second kappa shape index (κ2) is 7.14. The molecular weight excluding hydrogens is 333 g/mol. The third-order valence-corrected chi connectivity index (χ3v) is 3.88. The predicted octanol–water partition coefficient (Wildman–Crippen LogP) is 4.11. The lowest BCUT2D eigenvalue weighted by Gasteiger charge is -2.14. The van der Waals surface area contributed by atoms with Crippen molar-refractivity contribution in [2.45, 2.75) is 6.10 Å². The topological polar surface area (TPSA) is 49.3 Å². The Labute approximate surface area is 137 Å². The highest BCUT2D eigenvalue weighted by atomic mass is 35.5. The van der Waals surface area contributed by atoms with Gasteiger partial charge in [-0.05, 0) is 18.2 Å². The zero-order chi connectivity index (χ0) is 15.4. The van der Waals surface area contributed by atoms with Crippen LogP contribution in [0.2, 0.25) is 15.1 Å². The summed E-state index contributed by atoms with van der Waals surface area (Å²) in [5, 5.41) is 13.6. The van der Waals surface area contributed by atoms with Gasteiger partial charge in [-0.25, -0.2) is 0 Å². The number of rotatable bonds is 4. The highest BCUT2D eigenvalue weighted by Crippen LogP contribution is 2.25. The van der Waals surface area contributed by atoms with Crippen molar-refractivity contribution in [2.75, 3.05) is 6.54 Å². The molecule has 3 nitrogen and oxygen atoms in total. The van der Waals surface area contributed by atoms with Crippen LogP contribution in [0.25, 0.3) is 0 Å². The standard InChI is InChI=1S/C15H12Cl3NO2/c16-10-5-2-1-4-9(10)13(20)8-19-15(21)14-11(17)6-3-7-12(14)18/h1-7,13,20H,8H2,(H,19,21). The van der Waals surface area contributed by atoms with Crippen molar-refractivity contribution in [3.8, 4) is 0 Å². The third kappa shape index (κ3) is 3.89. The molecule has 0 aliphatic heterocycles. The molecule has 2 rings (SSSR count). The van der Waals surface area contributed by atoms with Crippen LogP contribution in [0.1, 0.15) is 22.0 Å². The molecule has 6 heteroatoms. The average molecular weight is 345 g/mol. The zero-order valence-electron chi connectivity index (χ0n) is 10.8. The van der Waals surface area contributed by atoms with E-state index in [-0.39, 0.29) is 22.2 Å². The van der Waals surface area contributed by atoms with E-state index in [1.165, 1.54) is 0 Å². The summed E-state index contributed by atoms with van der Waals surface area (Å²) < 4.78 is 0.